The highest BCUT2D eigenvalue weighted by Crippen LogP contribution is 2.45. The molecule has 0 aliphatic heterocycles. The van der Waals surface area contributed by atoms with Crippen LogP contribution in [0.15, 0.2) is 199 Å². The summed E-state index contributed by atoms with van der Waals surface area (Å²) in [5, 5.41) is 13.4. The molecule has 1 atom stereocenters. The molecular weight excluding hydrogens is 743 g/mol. The Morgan fingerprint density at radius 1 is 0.492 bits per heavy atom. The van der Waals surface area contributed by atoms with Crippen LogP contribution in [-0.4, -0.2) is 20.5 Å². The standard InChI is InChI=1S/C40H30O.2C7H8.CH5N.2CH3N/c1-26(32-15-9-16-35-34-14-7-8-17-39(34)41-40(32)35)36-24-31-23-30-12-5-6-13-33(30)38(31)25-37(36)29-20-18-28(19-21-29)22-27-10-3-2-4-11-27;2*1-7-5-3-2-4-6-7;3*1-2/h2-21,24-26H,22-23H2,1H3;2*2-6H,1H3;2H2,1H3;2*2H,1H2. The van der Waals surface area contributed by atoms with Crippen LogP contribution in [0.3, 0.4) is 0 Å². The second kappa shape index (κ2) is 22.9. The Kier molecular flexibility index (Phi) is 16.8. The van der Waals surface area contributed by atoms with Crippen LogP contribution in [0.4, 0.5) is 0 Å². The monoisotopic (exact) mass is 799 g/mol. The van der Waals surface area contributed by atoms with Crippen molar-refractivity contribution in [1.29, 1.82) is 10.8 Å². The third-order valence-corrected chi connectivity index (χ3v) is 10.7. The lowest BCUT2D eigenvalue weighted by atomic mass is 9.83. The van der Waals surface area contributed by atoms with Crippen LogP contribution in [0.1, 0.15) is 57.3 Å². The first kappa shape index (κ1) is 45.0. The number of furan rings is 1. The lowest BCUT2D eigenvalue weighted by Crippen LogP contribution is -2.01. The van der Waals surface area contributed by atoms with Crippen molar-refractivity contribution in [2.24, 2.45) is 5.73 Å². The van der Waals surface area contributed by atoms with E-state index in [9.17, 15) is 0 Å². The maximum atomic E-state index is 6.49. The Hall–Kier alpha value is -7.14. The minimum absolute atomic E-state index is 0.160. The zero-order valence-corrected chi connectivity index (χ0v) is 35.9. The van der Waals surface area contributed by atoms with Gasteiger partial charge in [0.05, 0.1) is 0 Å². The van der Waals surface area contributed by atoms with Gasteiger partial charge in [-0.25, -0.2) is 0 Å². The maximum Gasteiger partial charge on any atom is 0.139 e. The first-order valence-corrected chi connectivity index (χ1v) is 20.6. The number of benzene rings is 8. The van der Waals surface area contributed by atoms with Gasteiger partial charge in [0.25, 0.3) is 0 Å². The van der Waals surface area contributed by atoms with Gasteiger partial charge < -0.3 is 21.0 Å². The summed E-state index contributed by atoms with van der Waals surface area (Å²) in [5.41, 5.74) is 22.4. The molecule has 1 aromatic heterocycles. The summed E-state index contributed by atoms with van der Waals surface area (Å²) in [5.74, 6) is 0.160. The van der Waals surface area contributed by atoms with Crippen molar-refractivity contribution in [3.8, 4) is 22.3 Å². The molecule has 0 bridgehead atoms. The van der Waals surface area contributed by atoms with Gasteiger partial charge in [0.2, 0.25) is 0 Å². The number of para-hydroxylation sites is 2. The molecule has 306 valence electrons. The normalized spacial score (nSPS) is 10.9. The number of fused-ring (bicyclic) bond motifs is 6. The third-order valence-electron chi connectivity index (χ3n) is 10.7. The van der Waals surface area contributed by atoms with Gasteiger partial charge in [-0.05, 0) is 109 Å². The molecular formula is C57H57N3O. The highest BCUT2D eigenvalue weighted by atomic mass is 16.3. The summed E-state index contributed by atoms with van der Waals surface area (Å²) in [6.45, 7) is 11.5. The fourth-order valence-electron chi connectivity index (χ4n) is 7.79. The Bertz CT molecular complexity index is 2660. The molecule has 1 aliphatic carbocycles. The van der Waals surface area contributed by atoms with Gasteiger partial charge in [0, 0.05) is 22.3 Å². The topological polar surface area (TPSA) is 86.9 Å². The van der Waals surface area contributed by atoms with Gasteiger partial charge in [0.1, 0.15) is 11.2 Å². The summed E-state index contributed by atoms with van der Waals surface area (Å²) in [4.78, 5) is 0. The lowest BCUT2D eigenvalue weighted by molar-refractivity contribution is 0.659. The smallest absolute Gasteiger partial charge is 0.139 e. The summed E-state index contributed by atoms with van der Waals surface area (Å²) in [6, 6.07) is 69.1. The molecule has 61 heavy (non-hydrogen) atoms. The van der Waals surface area contributed by atoms with E-state index >= 15 is 0 Å². The van der Waals surface area contributed by atoms with Crippen LogP contribution in [0.5, 0.6) is 0 Å². The second-order valence-corrected chi connectivity index (χ2v) is 14.6. The van der Waals surface area contributed by atoms with E-state index in [2.05, 4.69) is 192 Å². The molecule has 10 rings (SSSR count). The molecule has 1 unspecified atom stereocenters. The molecule has 9 aromatic rings. The average molecular weight is 800 g/mol. The molecule has 8 aromatic carbocycles. The molecule has 0 saturated carbocycles. The van der Waals surface area contributed by atoms with E-state index < -0.39 is 0 Å². The quantitative estimate of drug-likeness (QED) is 0.151. The Labute approximate surface area is 362 Å². The Balaban J connectivity index is 0.000000294. The van der Waals surface area contributed by atoms with Crippen LogP contribution >= 0.6 is 0 Å². The lowest BCUT2D eigenvalue weighted by Gasteiger charge is -2.20. The number of aryl methyl sites for hydroxylation is 2. The van der Waals surface area contributed by atoms with Gasteiger partial charge in [-0.15, -0.1) is 0 Å². The minimum atomic E-state index is 0.160. The van der Waals surface area contributed by atoms with Gasteiger partial charge in [-0.2, -0.15) is 0 Å². The fraction of sp³-hybridized carbons (Fsp3) is 0.123. The maximum absolute atomic E-state index is 6.49. The van der Waals surface area contributed by atoms with Crippen molar-refractivity contribution in [2.45, 2.75) is 39.5 Å². The zero-order valence-electron chi connectivity index (χ0n) is 35.9. The molecule has 0 saturated heterocycles. The molecule has 0 amide bonds. The van der Waals surface area contributed by atoms with E-state index in [1.165, 1.54) is 84.6 Å². The molecule has 1 aliphatic rings. The molecule has 4 heteroatoms. The second-order valence-electron chi connectivity index (χ2n) is 14.6. The van der Waals surface area contributed by atoms with Gasteiger partial charge >= 0.3 is 0 Å². The third kappa shape index (κ3) is 11.1. The predicted octanol–water partition coefficient (Wildman–Crippen LogP) is 14.7. The van der Waals surface area contributed by atoms with Crippen LogP contribution in [0, 0.1) is 24.7 Å². The minimum Gasteiger partial charge on any atom is -0.456 e. The van der Waals surface area contributed by atoms with E-state index in [1.807, 2.05) is 42.5 Å². The van der Waals surface area contributed by atoms with E-state index in [0.29, 0.717) is 0 Å². The van der Waals surface area contributed by atoms with E-state index in [-0.39, 0.29) is 5.92 Å². The Morgan fingerprint density at radius 3 is 1.62 bits per heavy atom. The molecule has 0 spiro atoms. The highest BCUT2D eigenvalue weighted by molar-refractivity contribution is 6.06. The highest BCUT2D eigenvalue weighted by Gasteiger charge is 2.25. The molecule has 0 fully saturated rings. The average Bonchev–Trinajstić information content (AvgIpc) is 3.90. The fourth-order valence-corrected chi connectivity index (χ4v) is 7.79. The van der Waals surface area contributed by atoms with Crippen LogP contribution in [-0.2, 0) is 12.8 Å². The summed E-state index contributed by atoms with van der Waals surface area (Å²) in [6.07, 6.45) is 1.92. The van der Waals surface area contributed by atoms with Crippen molar-refractivity contribution in [3.63, 3.8) is 0 Å². The van der Waals surface area contributed by atoms with Crippen molar-refractivity contribution < 1.29 is 4.42 Å². The predicted molar refractivity (Wildman–Crippen MR) is 263 cm³/mol. The van der Waals surface area contributed by atoms with Crippen LogP contribution < -0.4 is 5.73 Å². The zero-order chi connectivity index (χ0) is 43.6. The summed E-state index contributed by atoms with van der Waals surface area (Å²) >= 11 is 0. The van der Waals surface area contributed by atoms with Crippen molar-refractivity contribution >= 4 is 35.4 Å². The van der Waals surface area contributed by atoms with Crippen molar-refractivity contribution in [3.05, 3.63) is 239 Å². The molecule has 0 radical (unpaired) electrons. The number of rotatable bonds is 5. The Morgan fingerprint density at radius 2 is 1.02 bits per heavy atom. The SMILES string of the molecule is C=N.C=N.CC(c1cc2c(cc1-c1ccc(Cc3ccccc3)cc1)-c1ccccc1C2)c1cccc2c1oc1ccccc12.CN.Cc1ccccc1.Cc1ccccc1. The van der Waals surface area contributed by atoms with Gasteiger partial charge in [-0.1, -0.05) is 200 Å². The number of hydrogen-bond donors (Lipinski definition) is 3. The molecule has 4 nitrogen and oxygen atoms in total. The largest absolute Gasteiger partial charge is 0.456 e. The number of hydrogen-bond acceptors (Lipinski definition) is 4. The van der Waals surface area contributed by atoms with Crippen molar-refractivity contribution in [2.75, 3.05) is 7.05 Å². The first-order valence-electron chi connectivity index (χ1n) is 20.6. The van der Waals surface area contributed by atoms with E-state index in [0.717, 1.165) is 24.0 Å². The van der Waals surface area contributed by atoms with Crippen molar-refractivity contribution in [1.82, 2.24) is 0 Å². The summed E-state index contributed by atoms with van der Waals surface area (Å²) in [7, 11) is 1.50. The van der Waals surface area contributed by atoms with Crippen LogP contribution in [0.2, 0.25) is 0 Å². The van der Waals surface area contributed by atoms with Gasteiger partial charge in [0.15, 0.2) is 0 Å². The number of nitrogens with one attached hydrogen (secondary N) is 2. The van der Waals surface area contributed by atoms with E-state index in [1.54, 1.807) is 0 Å². The molecule has 1 heterocycles. The first-order chi connectivity index (χ1) is 30.0. The summed E-state index contributed by atoms with van der Waals surface area (Å²) < 4.78 is 6.49. The van der Waals surface area contributed by atoms with Gasteiger partial charge in [-0.3, -0.25) is 0 Å². The molecule has 4 N–H and O–H groups in total. The van der Waals surface area contributed by atoms with Crippen LogP contribution in [0.25, 0.3) is 44.2 Å². The number of nitrogens with two attached hydrogens (primary N) is 1. The van der Waals surface area contributed by atoms with E-state index in [4.69, 9.17) is 15.2 Å².